The van der Waals surface area contributed by atoms with Gasteiger partial charge in [0.05, 0.1) is 16.7 Å². The van der Waals surface area contributed by atoms with Gasteiger partial charge in [-0.1, -0.05) is 0 Å². The summed E-state index contributed by atoms with van der Waals surface area (Å²) in [5.41, 5.74) is 5.12. The van der Waals surface area contributed by atoms with E-state index in [0.29, 0.717) is 6.29 Å². The first-order valence-corrected chi connectivity index (χ1v) is 4.33. The van der Waals surface area contributed by atoms with Crippen LogP contribution in [0.2, 0.25) is 0 Å². The van der Waals surface area contributed by atoms with Crippen LogP contribution >= 0.6 is 0 Å². The number of primary amides is 1. The van der Waals surface area contributed by atoms with Crippen molar-refractivity contribution in [1.29, 1.82) is 0 Å². The van der Waals surface area contributed by atoms with Crippen LogP contribution in [0.1, 0.15) is 41.4 Å². The van der Waals surface area contributed by atoms with Crippen LogP contribution in [0, 0.1) is 0 Å². The molecular formula is C10H6N2O4. The van der Waals surface area contributed by atoms with E-state index in [4.69, 9.17) is 5.73 Å². The Labute approximate surface area is 89.4 Å². The Hall–Kier alpha value is -2.50. The van der Waals surface area contributed by atoms with Crippen molar-refractivity contribution in [3.05, 3.63) is 34.4 Å². The van der Waals surface area contributed by atoms with E-state index in [0.717, 1.165) is 6.07 Å². The highest BCUT2D eigenvalue weighted by Crippen LogP contribution is 2.20. The van der Waals surface area contributed by atoms with Gasteiger partial charge in [-0.15, -0.1) is 0 Å². The van der Waals surface area contributed by atoms with E-state index >= 15 is 0 Å². The van der Waals surface area contributed by atoms with Crippen LogP contribution in [0.3, 0.4) is 0 Å². The van der Waals surface area contributed by atoms with Gasteiger partial charge in [0.15, 0.2) is 6.29 Å². The second-order valence-electron chi connectivity index (χ2n) is 3.25. The normalized spacial score (nSPS) is 13.2. The fourth-order valence-corrected chi connectivity index (χ4v) is 1.54. The fraction of sp³-hybridized carbons (Fsp3) is 0. The molecule has 16 heavy (non-hydrogen) atoms. The first-order valence-electron chi connectivity index (χ1n) is 4.33. The summed E-state index contributed by atoms with van der Waals surface area (Å²) < 4.78 is 0. The number of nitrogens with one attached hydrogen (secondary N) is 1. The Morgan fingerprint density at radius 3 is 2.25 bits per heavy atom. The van der Waals surface area contributed by atoms with Gasteiger partial charge in [-0.05, 0) is 12.1 Å². The number of nitrogens with two attached hydrogens (primary N) is 1. The largest absolute Gasteiger partial charge is 0.366 e. The average molecular weight is 218 g/mol. The van der Waals surface area contributed by atoms with Gasteiger partial charge in [0.1, 0.15) is 0 Å². The van der Waals surface area contributed by atoms with Gasteiger partial charge in [-0.2, -0.15) is 0 Å². The molecule has 1 aliphatic rings. The molecule has 1 aromatic rings. The zero-order valence-electron chi connectivity index (χ0n) is 7.94. The van der Waals surface area contributed by atoms with Gasteiger partial charge < -0.3 is 5.73 Å². The van der Waals surface area contributed by atoms with Crippen molar-refractivity contribution in [1.82, 2.24) is 5.32 Å². The van der Waals surface area contributed by atoms with Crippen LogP contribution in [0.25, 0.3) is 0 Å². The molecule has 6 nitrogen and oxygen atoms in total. The lowest BCUT2D eigenvalue weighted by atomic mass is 10.00. The maximum atomic E-state index is 11.3. The van der Waals surface area contributed by atoms with Crippen molar-refractivity contribution in [2.75, 3.05) is 0 Å². The molecule has 0 bridgehead atoms. The number of imide groups is 1. The highest BCUT2D eigenvalue weighted by molar-refractivity contribution is 6.22. The molecule has 3 N–H and O–H groups in total. The molecule has 1 heterocycles. The average Bonchev–Trinajstić information content (AvgIpc) is 2.52. The van der Waals surface area contributed by atoms with E-state index in [-0.39, 0.29) is 22.3 Å². The standard InChI is InChI=1S/C10H6N2O4/c11-8(14)5-2-7-6(1-4(5)3-13)9(15)12-10(7)16/h1-3H,(H2,11,14)(H,12,15,16). The molecule has 3 amide bonds. The summed E-state index contributed by atoms with van der Waals surface area (Å²) in [4.78, 5) is 44.2. The third kappa shape index (κ3) is 1.28. The summed E-state index contributed by atoms with van der Waals surface area (Å²) >= 11 is 0. The monoisotopic (exact) mass is 218 g/mol. The SMILES string of the molecule is NC(=O)c1cc2c(cc1C=O)C(=O)NC2=O. The van der Waals surface area contributed by atoms with Crippen molar-refractivity contribution in [3.63, 3.8) is 0 Å². The van der Waals surface area contributed by atoms with Crippen molar-refractivity contribution in [3.8, 4) is 0 Å². The third-order valence-corrected chi connectivity index (χ3v) is 2.30. The van der Waals surface area contributed by atoms with Crippen molar-refractivity contribution < 1.29 is 19.2 Å². The highest BCUT2D eigenvalue weighted by atomic mass is 16.2. The number of hydrogen-bond donors (Lipinski definition) is 2. The van der Waals surface area contributed by atoms with Gasteiger partial charge >= 0.3 is 0 Å². The topological polar surface area (TPSA) is 106 Å². The van der Waals surface area contributed by atoms with Gasteiger partial charge in [0.25, 0.3) is 11.8 Å². The van der Waals surface area contributed by atoms with Crippen molar-refractivity contribution >= 4 is 24.0 Å². The number of fused-ring (bicyclic) bond motifs is 1. The predicted molar refractivity (Wildman–Crippen MR) is 52.1 cm³/mol. The number of carbonyl (C=O) groups excluding carboxylic acids is 4. The van der Waals surface area contributed by atoms with Gasteiger partial charge in [-0.25, -0.2) is 0 Å². The second kappa shape index (κ2) is 3.27. The smallest absolute Gasteiger partial charge is 0.258 e. The molecular weight excluding hydrogens is 212 g/mol. The molecule has 0 unspecified atom stereocenters. The number of carbonyl (C=O) groups is 4. The van der Waals surface area contributed by atoms with Crippen molar-refractivity contribution in [2.45, 2.75) is 0 Å². The molecule has 1 aromatic carbocycles. The number of amides is 3. The quantitative estimate of drug-likeness (QED) is 0.514. The summed E-state index contributed by atoms with van der Waals surface area (Å²) in [6.07, 6.45) is 0.413. The number of hydrogen-bond acceptors (Lipinski definition) is 4. The molecule has 0 spiro atoms. The Morgan fingerprint density at radius 2 is 1.75 bits per heavy atom. The van der Waals surface area contributed by atoms with E-state index in [1.165, 1.54) is 6.07 Å². The lowest BCUT2D eigenvalue weighted by Crippen LogP contribution is -2.19. The number of rotatable bonds is 2. The van der Waals surface area contributed by atoms with Crippen LogP contribution in [0.4, 0.5) is 0 Å². The second-order valence-corrected chi connectivity index (χ2v) is 3.25. The van der Waals surface area contributed by atoms with E-state index < -0.39 is 17.7 Å². The Kier molecular flexibility index (Phi) is 2.05. The molecule has 0 aliphatic carbocycles. The minimum absolute atomic E-state index is 0.00361. The van der Waals surface area contributed by atoms with Gasteiger partial charge in [-0.3, -0.25) is 24.5 Å². The molecule has 0 saturated heterocycles. The highest BCUT2D eigenvalue weighted by Gasteiger charge is 2.28. The summed E-state index contributed by atoms with van der Waals surface area (Å²) in [7, 11) is 0. The predicted octanol–water partition coefficient (Wildman–Crippen LogP) is -0.518. The van der Waals surface area contributed by atoms with E-state index in [1.54, 1.807) is 0 Å². The summed E-state index contributed by atoms with van der Waals surface area (Å²) in [5.74, 6) is -2.00. The summed E-state index contributed by atoms with van der Waals surface area (Å²) in [6, 6.07) is 2.34. The first-order chi connectivity index (χ1) is 7.54. The molecule has 0 atom stereocenters. The number of aldehydes is 1. The molecule has 0 radical (unpaired) electrons. The maximum Gasteiger partial charge on any atom is 0.258 e. The molecule has 2 rings (SSSR count). The van der Waals surface area contributed by atoms with Crippen molar-refractivity contribution in [2.24, 2.45) is 5.73 Å². The molecule has 80 valence electrons. The fourth-order valence-electron chi connectivity index (χ4n) is 1.54. The zero-order chi connectivity index (χ0) is 11.9. The lowest BCUT2D eigenvalue weighted by molar-refractivity contribution is 0.0879. The molecule has 1 aliphatic heterocycles. The lowest BCUT2D eigenvalue weighted by Gasteiger charge is -2.02. The van der Waals surface area contributed by atoms with Crippen LogP contribution < -0.4 is 11.1 Å². The minimum Gasteiger partial charge on any atom is -0.366 e. The van der Waals surface area contributed by atoms with E-state index in [2.05, 4.69) is 5.32 Å². The van der Waals surface area contributed by atoms with Gasteiger partial charge in [0.2, 0.25) is 5.91 Å². The zero-order valence-corrected chi connectivity index (χ0v) is 7.94. The molecule has 0 aromatic heterocycles. The van der Waals surface area contributed by atoms with Crippen LogP contribution in [-0.4, -0.2) is 24.0 Å². The number of benzene rings is 1. The maximum absolute atomic E-state index is 11.3. The van der Waals surface area contributed by atoms with E-state index in [9.17, 15) is 19.2 Å². The Bertz CT molecular complexity index is 547. The Morgan fingerprint density at radius 1 is 1.19 bits per heavy atom. The third-order valence-electron chi connectivity index (χ3n) is 2.30. The minimum atomic E-state index is -0.822. The molecule has 0 fully saturated rings. The molecule has 6 heteroatoms. The summed E-state index contributed by atoms with van der Waals surface area (Å²) in [6.45, 7) is 0. The van der Waals surface area contributed by atoms with Gasteiger partial charge in [0, 0.05) is 5.56 Å². The summed E-state index contributed by atoms with van der Waals surface area (Å²) in [5, 5.41) is 2.05. The van der Waals surface area contributed by atoms with Crippen LogP contribution in [0.5, 0.6) is 0 Å². The van der Waals surface area contributed by atoms with Crippen LogP contribution in [-0.2, 0) is 0 Å². The Balaban J connectivity index is 2.74. The molecule has 0 saturated carbocycles. The first kappa shape index (κ1) is 10.0. The van der Waals surface area contributed by atoms with Crippen LogP contribution in [0.15, 0.2) is 12.1 Å². The van der Waals surface area contributed by atoms with E-state index in [1.807, 2.05) is 0 Å².